The topological polar surface area (TPSA) is 9.23 Å². The molecule has 1 fully saturated rings. The Morgan fingerprint density at radius 3 is 1.70 bits per heavy atom. The van der Waals surface area contributed by atoms with Gasteiger partial charge in [0.2, 0.25) is 0 Å². The van der Waals surface area contributed by atoms with Crippen LogP contribution in [0.15, 0.2) is 48.5 Å². The lowest BCUT2D eigenvalue weighted by molar-refractivity contribution is 0.0407. The van der Waals surface area contributed by atoms with Gasteiger partial charge in [-0.1, -0.05) is 46.9 Å². The summed E-state index contributed by atoms with van der Waals surface area (Å²) in [4.78, 5) is 0. The van der Waals surface area contributed by atoms with E-state index >= 15 is 0 Å². The summed E-state index contributed by atoms with van der Waals surface area (Å²) in [5.74, 6) is -0.544. The van der Waals surface area contributed by atoms with Crippen LogP contribution in [0.2, 0.25) is 0 Å². The third kappa shape index (κ3) is 2.24. The molecule has 20 heavy (non-hydrogen) atoms. The predicted octanol–water partition coefficient (Wildman–Crippen LogP) is 4.43. The van der Waals surface area contributed by atoms with Crippen LogP contribution in [0, 0.1) is 11.6 Å². The van der Waals surface area contributed by atoms with Crippen LogP contribution in [0.25, 0.3) is 0 Å². The largest absolute Gasteiger partial charge is 0.364 e. The molecule has 0 aliphatic carbocycles. The van der Waals surface area contributed by atoms with Gasteiger partial charge in [-0.05, 0) is 41.8 Å². The fourth-order valence-electron chi connectivity index (χ4n) is 2.71. The molecule has 1 atom stereocenters. The van der Waals surface area contributed by atoms with Gasteiger partial charge >= 0.3 is 0 Å². The molecular formula is C16H13F2IO. The van der Waals surface area contributed by atoms with Crippen molar-refractivity contribution in [3.05, 3.63) is 71.3 Å². The first-order valence-corrected chi connectivity index (χ1v) is 7.67. The molecule has 1 aliphatic heterocycles. The molecule has 0 amide bonds. The first kappa shape index (κ1) is 13.9. The van der Waals surface area contributed by atoms with Crippen LogP contribution in [0.3, 0.4) is 0 Å². The molecule has 0 radical (unpaired) electrons. The molecule has 1 saturated heterocycles. The molecule has 1 unspecified atom stereocenters. The summed E-state index contributed by atoms with van der Waals surface area (Å²) in [5.41, 5.74) is 1.19. The molecule has 1 nitrogen and oxygen atoms in total. The van der Waals surface area contributed by atoms with Crippen LogP contribution in [-0.4, -0.2) is 10.5 Å². The summed E-state index contributed by atoms with van der Waals surface area (Å²) >= 11 is 2.36. The number of benzene rings is 2. The predicted molar refractivity (Wildman–Crippen MR) is 82.0 cm³/mol. The number of ether oxygens (including phenoxy) is 1. The fraction of sp³-hybridized carbons (Fsp3) is 0.250. The number of rotatable bonds is 2. The van der Waals surface area contributed by atoms with E-state index in [-0.39, 0.29) is 15.6 Å². The monoisotopic (exact) mass is 386 g/mol. The minimum absolute atomic E-state index is 0.219. The van der Waals surface area contributed by atoms with Crippen molar-refractivity contribution in [2.75, 3.05) is 6.61 Å². The van der Waals surface area contributed by atoms with Crippen molar-refractivity contribution in [3.63, 3.8) is 0 Å². The molecule has 3 rings (SSSR count). The minimum atomic E-state index is -0.623. The second kappa shape index (κ2) is 5.41. The highest BCUT2D eigenvalue weighted by molar-refractivity contribution is 14.1. The highest BCUT2D eigenvalue weighted by Crippen LogP contribution is 2.46. The average molecular weight is 386 g/mol. The zero-order chi connectivity index (χ0) is 14.2. The van der Waals surface area contributed by atoms with Crippen LogP contribution < -0.4 is 0 Å². The van der Waals surface area contributed by atoms with Gasteiger partial charge in [0.25, 0.3) is 0 Å². The summed E-state index contributed by atoms with van der Waals surface area (Å²) in [6.07, 6.45) is 0.912. The first-order chi connectivity index (χ1) is 9.63. The van der Waals surface area contributed by atoms with Crippen molar-refractivity contribution in [3.8, 4) is 0 Å². The van der Waals surface area contributed by atoms with E-state index in [0.29, 0.717) is 6.61 Å². The number of alkyl halides is 1. The molecule has 0 aromatic heterocycles. The summed E-state index contributed by atoms with van der Waals surface area (Å²) in [7, 11) is 0. The Hall–Kier alpha value is -1.01. The highest BCUT2D eigenvalue weighted by Gasteiger charge is 2.46. The van der Waals surface area contributed by atoms with Gasteiger partial charge < -0.3 is 4.74 Å². The molecule has 1 heterocycles. The molecule has 0 spiro atoms. The van der Waals surface area contributed by atoms with E-state index in [1.54, 1.807) is 24.3 Å². The summed E-state index contributed by atoms with van der Waals surface area (Å²) in [6, 6.07) is 12.7. The molecule has 0 N–H and O–H groups in total. The lowest BCUT2D eigenvalue weighted by atomic mass is 9.84. The second-order valence-corrected chi connectivity index (χ2v) is 6.36. The fourth-order valence-corrected chi connectivity index (χ4v) is 3.86. The summed E-state index contributed by atoms with van der Waals surface area (Å²) < 4.78 is 32.6. The van der Waals surface area contributed by atoms with E-state index in [4.69, 9.17) is 4.74 Å². The van der Waals surface area contributed by atoms with Crippen molar-refractivity contribution in [1.29, 1.82) is 0 Å². The van der Waals surface area contributed by atoms with Gasteiger partial charge in [-0.25, -0.2) is 8.78 Å². The Bertz CT molecular complexity index is 549. The molecule has 4 heteroatoms. The van der Waals surface area contributed by atoms with Gasteiger partial charge in [0, 0.05) is 6.61 Å². The smallest absolute Gasteiger partial charge is 0.130 e. The van der Waals surface area contributed by atoms with Gasteiger partial charge in [-0.2, -0.15) is 0 Å². The zero-order valence-corrected chi connectivity index (χ0v) is 12.8. The van der Waals surface area contributed by atoms with Crippen molar-refractivity contribution in [1.82, 2.24) is 0 Å². The standard InChI is InChI=1S/C16H13F2IO/c17-13-5-1-11(2-6-13)16(15(19)9-10-20-16)12-3-7-14(18)8-4-12/h1-8,15H,9-10H2. The maximum Gasteiger partial charge on any atom is 0.130 e. The van der Waals surface area contributed by atoms with Crippen LogP contribution >= 0.6 is 22.6 Å². The number of hydrogen-bond acceptors (Lipinski definition) is 1. The van der Waals surface area contributed by atoms with E-state index in [1.807, 2.05) is 0 Å². The Morgan fingerprint density at radius 1 is 0.900 bits per heavy atom. The summed E-state index contributed by atoms with van der Waals surface area (Å²) in [6.45, 7) is 0.641. The number of halogens is 3. The van der Waals surface area contributed by atoms with Gasteiger partial charge in [0.05, 0.1) is 3.92 Å². The van der Waals surface area contributed by atoms with Crippen LogP contribution in [0.5, 0.6) is 0 Å². The first-order valence-electron chi connectivity index (χ1n) is 6.43. The third-order valence-corrected chi connectivity index (χ3v) is 5.19. The SMILES string of the molecule is Fc1ccc(C2(c3ccc(F)cc3)OCCC2I)cc1. The molecule has 2 aromatic rings. The quantitative estimate of drug-likeness (QED) is 0.548. The van der Waals surface area contributed by atoms with E-state index in [0.717, 1.165) is 17.5 Å². The van der Waals surface area contributed by atoms with E-state index in [2.05, 4.69) is 22.6 Å². The molecule has 0 bridgehead atoms. The lowest BCUT2D eigenvalue weighted by Crippen LogP contribution is -2.34. The average Bonchev–Trinajstić information content (AvgIpc) is 2.83. The van der Waals surface area contributed by atoms with E-state index in [1.165, 1.54) is 24.3 Å². The molecule has 0 saturated carbocycles. The van der Waals surface area contributed by atoms with Crippen LogP contribution in [0.4, 0.5) is 8.78 Å². The van der Waals surface area contributed by atoms with E-state index in [9.17, 15) is 8.78 Å². The second-order valence-electron chi connectivity index (χ2n) is 4.85. The maximum absolute atomic E-state index is 13.2. The highest BCUT2D eigenvalue weighted by atomic mass is 127. The normalized spacial score (nSPS) is 21.1. The number of hydrogen-bond donors (Lipinski definition) is 0. The molecule has 2 aromatic carbocycles. The maximum atomic E-state index is 13.2. The van der Waals surface area contributed by atoms with Gasteiger partial charge in [-0.15, -0.1) is 0 Å². The Balaban J connectivity index is 2.14. The lowest BCUT2D eigenvalue weighted by Gasteiger charge is -2.33. The zero-order valence-electron chi connectivity index (χ0n) is 10.7. The summed E-state index contributed by atoms with van der Waals surface area (Å²) in [5, 5.41) is 0. The van der Waals surface area contributed by atoms with Gasteiger partial charge in [-0.3, -0.25) is 0 Å². The van der Waals surface area contributed by atoms with Crippen molar-refractivity contribution in [2.45, 2.75) is 15.9 Å². The molecular weight excluding hydrogens is 373 g/mol. The minimum Gasteiger partial charge on any atom is -0.364 e. The Morgan fingerprint density at radius 2 is 1.35 bits per heavy atom. The van der Waals surface area contributed by atoms with Gasteiger partial charge in [0.1, 0.15) is 17.2 Å². The molecule has 1 aliphatic rings. The molecule has 104 valence electrons. The van der Waals surface area contributed by atoms with Crippen molar-refractivity contribution in [2.24, 2.45) is 0 Å². The van der Waals surface area contributed by atoms with Crippen molar-refractivity contribution >= 4 is 22.6 Å². The van der Waals surface area contributed by atoms with Crippen LogP contribution in [-0.2, 0) is 10.3 Å². The third-order valence-electron chi connectivity index (χ3n) is 3.69. The Labute approximate surface area is 130 Å². The Kier molecular flexibility index (Phi) is 3.77. The van der Waals surface area contributed by atoms with Crippen molar-refractivity contribution < 1.29 is 13.5 Å². The van der Waals surface area contributed by atoms with Gasteiger partial charge in [0.15, 0.2) is 0 Å². The van der Waals surface area contributed by atoms with Crippen LogP contribution in [0.1, 0.15) is 17.5 Å². The van der Waals surface area contributed by atoms with E-state index < -0.39 is 5.60 Å².